The number of nitro benzene ring substituents is 1. The summed E-state index contributed by atoms with van der Waals surface area (Å²) < 4.78 is 31.7. The molecule has 11 heteroatoms. The first-order chi connectivity index (χ1) is 14.6. The lowest BCUT2D eigenvalue weighted by molar-refractivity contribution is -0.384. The molecule has 2 rings (SSSR count). The summed E-state index contributed by atoms with van der Waals surface area (Å²) in [5, 5.41) is 13.3. The van der Waals surface area contributed by atoms with Gasteiger partial charge in [0.2, 0.25) is 15.9 Å². The Labute approximate surface area is 180 Å². The van der Waals surface area contributed by atoms with Gasteiger partial charge in [-0.05, 0) is 31.0 Å². The number of hydrogen-bond donors (Lipinski definition) is 1. The molecule has 10 nitrogen and oxygen atoms in total. The zero-order chi connectivity index (χ0) is 23.2. The van der Waals surface area contributed by atoms with Crippen LogP contribution in [0.1, 0.15) is 12.5 Å². The van der Waals surface area contributed by atoms with Gasteiger partial charge in [0.1, 0.15) is 12.1 Å². The molecule has 0 aromatic heterocycles. The minimum Gasteiger partial charge on any atom is -0.467 e. The van der Waals surface area contributed by atoms with Crippen molar-refractivity contribution < 1.29 is 27.7 Å². The number of carbonyl (C=O) groups is 2. The number of methoxy groups -OCH3 is 1. The van der Waals surface area contributed by atoms with E-state index in [1.54, 1.807) is 30.3 Å². The van der Waals surface area contributed by atoms with E-state index in [0.717, 1.165) is 28.6 Å². The van der Waals surface area contributed by atoms with Gasteiger partial charge in [-0.25, -0.2) is 13.2 Å². The van der Waals surface area contributed by atoms with Crippen molar-refractivity contribution in [2.75, 3.05) is 14.2 Å². The number of rotatable bonds is 9. The van der Waals surface area contributed by atoms with Gasteiger partial charge in [-0.1, -0.05) is 30.3 Å². The Morgan fingerprint density at radius 1 is 1.13 bits per heavy atom. The summed E-state index contributed by atoms with van der Waals surface area (Å²) in [6.45, 7) is 1.42. The number of sulfonamides is 1. The van der Waals surface area contributed by atoms with Crippen LogP contribution in [0.25, 0.3) is 0 Å². The lowest BCUT2D eigenvalue weighted by Crippen LogP contribution is -2.52. The molecule has 0 unspecified atom stereocenters. The Bertz CT molecular complexity index is 1040. The van der Waals surface area contributed by atoms with Crippen LogP contribution in [0, 0.1) is 10.1 Å². The third-order valence-electron chi connectivity index (χ3n) is 4.65. The average molecular weight is 449 g/mol. The van der Waals surface area contributed by atoms with Gasteiger partial charge >= 0.3 is 5.97 Å². The number of esters is 1. The number of benzene rings is 2. The molecule has 0 heterocycles. The number of nitrogens with zero attached hydrogens (tertiary/aromatic N) is 2. The van der Waals surface area contributed by atoms with E-state index in [9.17, 15) is 28.1 Å². The van der Waals surface area contributed by atoms with Gasteiger partial charge in [-0.15, -0.1) is 0 Å². The second-order valence-electron chi connectivity index (χ2n) is 6.73. The van der Waals surface area contributed by atoms with E-state index in [0.29, 0.717) is 5.56 Å². The van der Waals surface area contributed by atoms with Gasteiger partial charge < -0.3 is 10.1 Å². The highest BCUT2D eigenvalue weighted by Gasteiger charge is 2.34. The molecular weight excluding hydrogens is 426 g/mol. The first kappa shape index (κ1) is 24.0. The van der Waals surface area contributed by atoms with Crippen LogP contribution in [-0.4, -0.2) is 55.8 Å². The molecule has 166 valence electrons. The van der Waals surface area contributed by atoms with E-state index < -0.39 is 38.9 Å². The first-order valence-corrected chi connectivity index (χ1v) is 10.7. The minimum atomic E-state index is -4.17. The summed E-state index contributed by atoms with van der Waals surface area (Å²) in [6.07, 6.45) is 0.0449. The molecule has 0 fully saturated rings. The average Bonchev–Trinajstić information content (AvgIpc) is 2.76. The van der Waals surface area contributed by atoms with Gasteiger partial charge in [0.05, 0.1) is 16.9 Å². The fourth-order valence-electron chi connectivity index (χ4n) is 2.84. The Balaban J connectivity index is 2.37. The Morgan fingerprint density at radius 2 is 1.71 bits per heavy atom. The van der Waals surface area contributed by atoms with E-state index in [1.165, 1.54) is 21.1 Å². The number of nitrogens with one attached hydrogen (secondary N) is 1. The molecule has 0 saturated heterocycles. The SMILES string of the molecule is COC(=O)[C@H](C)NC(=O)[C@@H](Cc1ccccc1)N(C)S(=O)(=O)c1ccc([N+](=O)[O-])cc1. The molecule has 1 amide bonds. The number of carbonyl (C=O) groups excluding carboxylic acids is 2. The normalized spacial score (nSPS) is 13.3. The summed E-state index contributed by atoms with van der Waals surface area (Å²) in [5.41, 5.74) is 0.450. The maximum Gasteiger partial charge on any atom is 0.328 e. The monoisotopic (exact) mass is 449 g/mol. The molecule has 0 radical (unpaired) electrons. The highest BCUT2D eigenvalue weighted by Crippen LogP contribution is 2.22. The van der Waals surface area contributed by atoms with Crippen molar-refractivity contribution in [3.05, 3.63) is 70.3 Å². The number of amides is 1. The zero-order valence-electron chi connectivity index (χ0n) is 17.2. The van der Waals surface area contributed by atoms with Crippen LogP contribution in [0.5, 0.6) is 0 Å². The molecular formula is C20H23N3O7S. The molecule has 1 N–H and O–H groups in total. The van der Waals surface area contributed by atoms with Crippen molar-refractivity contribution in [2.45, 2.75) is 30.3 Å². The highest BCUT2D eigenvalue weighted by molar-refractivity contribution is 7.89. The number of hydrogen-bond acceptors (Lipinski definition) is 7. The lowest BCUT2D eigenvalue weighted by atomic mass is 10.1. The zero-order valence-corrected chi connectivity index (χ0v) is 18.0. The fraction of sp³-hybridized carbons (Fsp3) is 0.300. The predicted octanol–water partition coefficient (Wildman–Crippen LogP) is 1.50. The molecule has 0 bridgehead atoms. The molecule has 31 heavy (non-hydrogen) atoms. The third kappa shape index (κ3) is 5.86. The van der Waals surface area contributed by atoms with E-state index in [1.807, 2.05) is 0 Å². The number of nitro groups is 1. The van der Waals surface area contributed by atoms with Crippen LogP contribution >= 0.6 is 0 Å². The van der Waals surface area contributed by atoms with Crippen molar-refractivity contribution >= 4 is 27.6 Å². The van der Waals surface area contributed by atoms with E-state index in [2.05, 4.69) is 10.1 Å². The maximum atomic E-state index is 13.1. The second kappa shape index (κ2) is 10.1. The lowest BCUT2D eigenvalue weighted by Gasteiger charge is -2.27. The Kier molecular flexibility index (Phi) is 7.83. The van der Waals surface area contributed by atoms with Crippen LogP contribution in [0.2, 0.25) is 0 Å². The largest absolute Gasteiger partial charge is 0.467 e. The van der Waals surface area contributed by atoms with Crippen LogP contribution in [-0.2, 0) is 30.8 Å². The second-order valence-corrected chi connectivity index (χ2v) is 8.73. The van der Waals surface area contributed by atoms with Gasteiger partial charge in [-0.2, -0.15) is 4.31 Å². The minimum absolute atomic E-state index is 0.0449. The number of ether oxygens (including phenoxy) is 1. The van der Waals surface area contributed by atoms with Gasteiger partial charge in [0, 0.05) is 19.2 Å². The molecule has 0 saturated carbocycles. The van der Waals surface area contributed by atoms with Crippen LogP contribution < -0.4 is 5.32 Å². The fourth-order valence-corrected chi connectivity index (χ4v) is 4.16. The summed E-state index contributed by atoms with van der Waals surface area (Å²) >= 11 is 0. The number of likely N-dealkylation sites (N-methyl/N-ethyl adjacent to an activating group) is 1. The van der Waals surface area contributed by atoms with Crippen molar-refractivity contribution in [3.63, 3.8) is 0 Å². The van der Waals surface area contributed by atoms with Crippen molar-refractivity contribution in [2.24, 2.45) is 0 Å². The van der Waals surface area contributed by atoms with Crippen LogP contribution in [0.3, 0.4) is 0 Å². The summed E-state index contributed by atoms with van der Waals surface area (Å²) in [5.74, 6) is -1.36. The Hall–Kier alpha value is -3.31. The van der Waals surface area contributed by atoms with Gasteiger partial charge in [-0.3, -0.25) is 14.9 Å². The highest BCUT2D eigenvalue weighted by atomic mass is 32.2. The standard InChI is InChI=1S/C20H23N3O7S/c1-14(20(25)30-3)21-19(24)18(13-15-7-5-4-6-8-15)22(2)31(28,29)17-11-9-16(10-12-17)23(26)27/h4-12,14,18H,13H2,1-3H3,(H,21,24)/t14-,18+/m0/s1. The summed E-state index contributed by atoms with van der Waals surface area (Å²) in [7, 11) is -1.75. The molecule has 2 aromatic rings. The van der Waals surface area contributed by atoms with Gasteiger partial charge in [0.15, 0.2) is 0 Å². The van der Waals surface area contributed by atoms with Gasteiger partial charge in [0.25, 0.3) is 5.69 Å². The van der Waals surface area contributed by atoms with Crippen molar-refractivity contribution in [1.29, 1.82) is 0 Å². The maximum absolute atomic E-state index is 13.1. The summed E-state index contributed by atoms with van der Waals surface area (Å²) in [4.78, 5) is 34.6. The predicted molar refractivity (Wildman–Crippen MR) is 112 cm³/mol. The summed E-state index contributed by atoms with van der Waals surface area (Å²) in [6, 6.07) is 11.0. The smallest absolute Gasteiger partial charge is 0.328 e. The molecule has 2 atom stereocenters. The van der Waals surface area contributed by atoms with E-state index in [-0.39, 0.29) is 17.0 Å². The van der Waals surface area contributed by atoms with E-state index >= 15 is 0 Å². The molecule has 0 aliphatic heterocycles. The van der Waals surface area contributed by atoms with E-state index in [4.69, 9.17) is 0 Å². The number of non-ortho nitro benzene ring substituents is 1. The molecule has 2 aromatic carbocycles. The molecule has 0 aliphatic carbocycles. The quantitative estimate of drug-likeness (QED) is 0.348. The van der Waals surface area contributed by atoms with Crippen molar-refractivity contribution in [3.8, 4) is 0 Å². The topological polar surface area (TPSA) is 136 Å². The first-order valence-electron chi connectivity index (χ1n) is 9.22. The third-order valence-corrected chi connectivity index (χ3v) is 6.53. The molecule has 0 aliphatic rings. The van der Waals surface area contributed by atoms with Crippen LogP contribution in [0.4, 0.5) is 5.69 Å². The molecule has 0 spiro atoms. The van der Waals surface area contributed by atoms with Crippen molar-refractivity contribution in [1.82, 2.24) is 9.62 Å². The van der Waals surface area contributed by atoms with Crippen LogP contribution in [0.15, 0.2) is 59.5 Å². The Morgan fingerprint density at radius 3 is 2.23 bits per heavy atom.